The molecule has 0 atom stereocenters. The van der Waals surface area contributed by atoms with E-state index in [1.165, 1.54) is 0 Å². The number of methoxy groups -OCH3 is 1. The monoisotopic (exact) mass is 238 g/mol. The second-order valence-corrected chi connectivity index (χ2v) is 4.02. The van der Waals surface area contributed by atoms with Crippen LogP contribution in [0.3, 0.4) is 0 Å². The first kappa shape index (κ1) is 12.0. The number of anilines is 2. The Labute approximate surface area is 107 Å². The molecule has 0 bridgehead atoms. The van der Waals surface area contributed by atoms with Crippen LogP contribution in [0.15, 0.2) is 42.5 Å². The number of hydrogen-bond donors (Lipinski definition) is 1. The fraction of sp³-hybridized carbons (Fsp3) is 0.133. The molecule has 0 radical (unpaired) electrons. The van der Waals surface area contributed by atoms with Crippen molar-refractivity contribution in [1.82, 2.24) is 0 Å². The number of benzene rings is 2. The molecule has 0 aromatic heterocycles. The maximum atomic E-state index is 8.87. The van der Waals surface area contributed by atoms with Gasteiger partial charge in [-0.3, -0.25) is 0 Å². The molecule has 3 nitrogen and oxygen atoms in total. The van der Waals surface area contributed by atoms with Gasteiger partial charge < -0.3 is 10.1 Å². The summed E-state index contributed by atoms with van der Waals surface area (Å²) in [6.45, 7) is 2.02. The topological polar surface area (TPSA) is 45.0 Å². The van der Waals surface area contributed by atoms with Gasteiger partial charge in [0.25, 0.3) is 0 Å². The molecule has 90 valence electrons. The van der Waals surface area contributed by atoms with E-state index < -0.39 is 0 Å². The minimum Gasteiger partial charge on any atom is -0.495 e. The van der Waals surface area contributed by atoms with Crippen molar-refractivity contribution >= 4 is 11.4 Å². The maximum Gasteiger partial charge on any atom is 0.142 e. The summed E-state index contributed by atoms with van der Waals surface area (Å²) in [5.41, 5.74) is 3.55. The fourth-order valence-electron chi connectivity index (χ4n) is 1.74. The minimum absolute atomic E-state index is 0.631. The van der Waals surface area contributed by atoms with E-state index in [9.17, 15) is 0 Å². The number of nitriles is 1. The largest absolute Gasteiger partial charge is 0.495 e. The van der Waals surface area contributed by atoms with E-state index >= 15 is 0 Å². The van der Waals surface area contributed by atoms with E-state index in [-0.39, 0.29) is 0 Å². The molecule has 0 aliphatic carbocycles. The van der Waals surface area contributed by atoms with E-state index in [2.05, 4.69) is 11.4 Å². The van der Waals surface area contributed by atoms with Gasteiger partial charge in [-0.1, -0.05) is 12.1 Å². The van der Waals surface area contributed by atoms with E-state index in [0.29, 0.717) is 5.56 Å². The van der Waals surface area contributed by atoms with Crippen LogP contribution in [0, 0.1) is 18.3 Å². The van der Waals surface area contributed by atoms with Crippen molar-refractivity contribution < 1.29 is 4.74 Å². The van der Waals surface area contributed by atoms with Crippen molar-refractivity contribution in [2.24, 2.45) is 0 Å². The molecule has 0 spiro atoms. The summed E-state index contributed by atoms with van der Waals surface area (Å²) in [5.74, 6) is 0.781. The number of nitrogens with one attached hydrogen (secondary N) is 1. The van der Waals surface area contributed by atoms with Crippen LogP contribution in [-0.4, -0.2) is 7.11 Å². The molecule has 0 aliphatic heterocycles. The number of ether oxygens (including phenoxy) is 1. The summed E-state index contributed by atoms with van der Waals surface area (Å²) in [6.07, 6.45) is 0. The van der Waals surface area contributed by atoms with Gasteiger partial charge in [0.15, 0.2) is 0 Å². The highest BCUT2D eigenvalue weighted by Crippen LogP contribution is 2.28. The lowest BCUT2D eigenvalue weighted by molar-refractivity contribution is 0.416. The van der Waals surface area contributed by atoms with Crippen LogP contribution in [-0.2, 0) is 0 Å². The van der Waals surface area contributed by atoms with Gasteiger partial charge in [-0.25, -0.2) is 0 Å². The predicted molar refractivity (Wildman–Crippen MR) is 72.2 cm³/mol. The molecule has 0 unspecified atom stereocenters. The first-order chi connectivity index (χ1) is 8.72. The first-order valence-corrected chi connectivity index (χ1v) is 5.65. The first-order valence-electron chi connectivity index (χ1n) is 5.65. The van der Waals surface area contributed by atoms with E-state index in [0.717, 1.165) is 22.7 Å². The highest BCUT2D eigenvalue weighted by molar-refractivity contribution is 5.67. The quantitative estimate of drug-likeness (QED) is 0.888. The van der Waals surface area contributed by atoms with E-state index in [1.807, 2.05) is 43.3 Å². The number of rotatable bonds is 3. The van der Waals surface area contributed by atoms with Crippen molar-refractivity contribution in [1.29, 1.82) is 5.26 Å². The summed E-state index contributed by atoms with van der Waals surface area (Å²) in [5, 5.41) is 12.1. The molecule has 2 aromatic carbocycles. The SMILES string of the molecule is COc1ccc(C)cc1Nc1cccc(C#N)c1. The van der Waals surface area contributed by atoms with Crippen molar-refractivity contribution in [3.63, 3.8) is 0 Å². The summed E-state index contributed by atoms with van der Waals surface area (Å²) in [7, 11) is 1.64. The van der Waals surface area contributed by atoms with Gasteiger partial charge in [0, 0.05) is 5.69 Å². The Morgan fingerprint density at radius 3 is 2.72 bits per heavy atom. The second kappa shape index (κ2) is 5.24. The Hall–Kier alpha value is -2.47. The maximum absolute atomic E-state index is 8.87. The third kappa shape index (κ3) is 2.61. The molecule has 0 saturated heterocycles. The van der Waals surface area contributed by atoms with Gasteiger partial charge >= 0.3 is 0 Å². The molecular formula is C15H14N2O. The highest BCUT2D eigenvalue weighted by Gasteiger charge is 2.03. The van der Waals surface area contributed by atoms with Gasteiger partial charge in [0.05, 0.1) is 24.4 Å². The third-order valence-electron chi connectivity index (χ3n) is 2.63. The number of hydrogen-bond acceptors (Lipinski definition) is 3. The Morgan fingerprint density at radius 1 is 1.17 bits per heavy atom. The van der Waals surface area contributed by atoms with Crippen LogP contribution in [0.2, 0.25) is 0 Å². The zero-order chi connectivity index (χ0) is 13.0. The molecule has 2 rings (SSSR count). The molecule has 1 N–H and O–H groups in total. The van der Waals surface area contributed by atoms with Gasteiger partial charge in [-0.15, -0.1) is 0 Å². The Kier molecular flexibility index (Phi) is 3.49. The van der Waals surface area contributed by atoms with Gasteiger partial charge in [-0.05, 0) is 42.8 Å². The lowest BCUT2D eigenvalue weighted by atomic mass is 10.2. The van der Waals surface area contributed by atoms with Crippen LogP contribution in [0.25, 0.3) is 0 Å². The lowest BCUT2D eigenvalue weighted by Crippen LogP contribution is -1.95. The zero-order valence-corrected chi connectivity index (χ0v) is 10.4. The Balaban J connectivity index is 2.33. The molecule has 0 saturated carbocycles. The molecular weight excluding hydrogens is 224 g/mol. The minimum atomic E-state index is 0.631. The van der Waals surface area contributed by atoms with Crippen molar-refractivity contribution in [3.05, 3.63) is 53.6 Å². The lowest BCUT2D eigenvalue weighted by Gasteiger charge is -2.12. The van der Waals surface area contributed by atoms with Gasteiger partial charge in [0.2, 0.25) is 0 Å². The molecule has 0 aliphatic rings. The van der Waals surface area contributed by atoms with Crippen LogP contribution >= 0.6 is 0 Å². The predicted octanol–water partition coefficient (Wildman–Crippen LogP) is 3.62. The molecule has 0 fully saturated rings. The third-order valence-corrected chi connectivity index (χ3v) is 2.63. The molecule has 0 amide bonds. The van der Waals surface area contributed by atoms with E-state index in [1.54, 1.807) is 13.2 Å². The van der Waals surface area contributed by atoms with Crippen LogP contribution in [0.5, 0.6) is 5.75 Å². The summed E-state index contributed by atoms with van der Waals surface area (Å²) >= 11 is 0. The molecule has 3 heteroatoms. The normalized spacial score (nSPS) is 9.61. The average molecular weight is 238 g/mol. The number of nitrogens with zero attached hydrogens (tertiary/aromatic N) is 1. The van der Waals surface area contributed by atoms with Crippen molar-refractivity contribution in [2.75, 3.05) is 12.4 Å². The molecule has 18 heavy (non-hydrogen) atoms. The summed E-state index contributed by atoms with van der Waals surface area (Å²) in [4.78, 5) is 0. The standard InChI is InChI=1S/C15H14N2O/c1-11-6-7-15(18-2)14(8-11)17-13-5-3-4-12(9-13)10-16/h3-9,17H,1-2H3. The highest BCUT2D eigenvalue weighted by atomic mass is 16.5. The van der Waals surface area contributed by atoms with Gasteiger partial charge in [0.1, 0.15) is 5.75 Å². The van der Waals surface area contributed by atoms with Crippen molar-refractivity contribution in [2.45, 2.75) is 6.92 Å². The Bertz CT molecular complexity index is 600. The molecule has 2 aromatic rings. The van der Waals surface area contributed by atoms with Gasteiger partial charge in [-0.2, -0.15) is 5.26 Å². The van der Waals surface area contributed by atoms with E-state index in [4.69, 9.17) is 10.00 Å². The van der Waals surface area contributed by atoms with Crippen molar-refractivity contribution in [3.8, 4) is 11.8 Å². The number of aryl methyl sites for hydroxylation is 1. The Morgan fingerprint density at radius 2 is 2.00 bits per heavy atom. The second-order valence-electron chi connectivity index (χ2n) is 4.02. The smallest absolute Gasteiger partial charge is 0.142 e. The summed E-state index contributed by atoms with van der Waals surface area (Å²) < 4.78 is 5.30. The average Bonchev–Trinajstić information content (AvgIpc) is 2.39. The van der Waals surface area contributed by atoms with Crippen LogP contribution in [0.4, 0.5) is 11.4 Å². The van der Waals surface area contributed by atoms with Crippen LogP contribution in [0.1, 0.15) is 11.1 Å². The molecule has 0 heterocycles. The van der Waals surface area contributed by atoms with Crippen LogP contribution < -0.4 is 10.1 Å². The zero-order valence-electron chi connectivity index (χ0n) is 10.4. The summed E-state index contributed by atoms with van der Waals surface area (Å²) in [6, 6.07) is 15.4. The fourth-order valence-corrected chi connectivity index (χ4v) is 1.74.